The molecule has 0 bridgehead atoms. The van der Waals surface area contributed by atoms with Crippen molar-refractivity contribution in [3.8, 4) is 11.1 Å². The van der Waals surface area contributed by atoms with Gasteiger partial charge in [0.15, 0.2) is 0 Å². The van der Waals surface area contributed by atoms with Gasteiger partial charge in [-0.15, -0.1) is 0 Å². The van der Waals surface area contributed by atoms with Crippen LogP contribution >= 0.6 is 0 Å². The lowest BCUT2D eigenvalue weighted by Gasteiger charge is -2.09. The van der Waals surface area contributed by atoms with E-state index in [9.17, 15) is 0 Å². The second-order valence-electron chi connectivity index (χ2n) is 5.29. The molecule has 0 fully saturated rings. The van der Waals surface area contributed by atoms with Crippen molar-refractivity contribution in [1.29, 1.82) is 0 Å². The largest absolute Gasteiger partial charge is 0.313 e. The van der Waals surface area contributed by atoms with Crippen LogP contribution in [0.25, 0.3) is 21.9 Å². The smallest absolute Gasteiger partial charge is 0.0352 e. The van der Waals surface area contributed by atoms with E-state index in [1.54, 1.807) is 0 Å². The Kier molecular flexibility index (Phi) is 4.27. The molecule has 106 valence electrons. The molecule has 0 spiro atoms. The highest BCUT2D eigenvalue weighted by Gasteiger charge is 2.04. The molecule has 1 aromatic heterocycles. The van der Waals surface area contributed by atoms with Crippen molar-refractivity contribution in [2.75, 3.05) is 6.54 Å². The maximum absolute atomic E-state index is 4.38. The molecule has 0 amide bonds. The normalized spacial score (nSPS) is 10.9. The number of pyridine rings is 1. The number of hydrogen-bond donors (Lipinski definition) is 1. The van der Waals surface area contributed by atoms with Crippen LogP contribution in [0.1, 0.15) is 18.9 Å². The van der Waals surface area contributed by atoms with E-state index in [-0.39, 0.29) is 0 Å². The summed E-state index contributed by atoms with van der Waals surface area (Å²) in [5, 5.41) is 5.89. The molecule has 1 heterocycles. The number of fused-ring (bicyclic) bond motifs is 1. The number of nitrogens with zero attached hydrogens (tertiary/aromatic N) is 1. The first-order valence-corrected chi connectivity index (χ1v) is 7.51. The van der Waals surface area contributed by atoms with Gasteiger partial charge in [-0.25, -0.2) is 0 Å². The fourth-order valence-corrected chi connectivity index (χ4v) is 2.60. The lowest BCUT2D eigenvalue weighted by atomic mass is 9.99. The highest BCUT2D eigenvalue weighted by atomic mass is 14.8. The van der Waals surface area contributed by atoms with E-state index in [2.05, 4.69) is 65.8 Å². The SMILES string of the molecule is CCCNCc1cccc(-c2cncc3ccccc23)c1. The molecule has 0 aliphatic carbocycles. The molecule has 1 N–H and O–H groups in total. The number of benzene rings is 2. The molecule has 3 aromatic rings. The quantitative estimate of drug-likeness (QED) is 0.699. The fraction of sp³-hybridized carbons (Fsp3) is 0.211. The van der Waals surface area contributed by atoms with Crippen molar-refractivity contribution < 1.29 is 0 Å². The lowest BCUT2D eigenvalue weighted by Crippen LogP contribution is -2.13. The van der Waals surface area contributed by atoms with Gasteiger partial charge in [-0.3, -0.25) is 4.98 Å². The molecule has 0 atom stereocenters. The Hall–Kier alpha value is -2.19. The average molecular weight is 276 g/mol. The van der Waals surface area contributed by atoms with E-state index in [1.807, 2.05) is 12.4 Å². The Bertz CT molecular complexity index is 729. The van der Waals surface area contributed by atoms with Crippen LogP contribution in [0.5, 0.6) is 0 Å². The monoisotopic (exact) mass is 276 g/mol. The number of nitrogens with one attached hydrogen (secondary N) is 1. The summed E-state index contributed by atoms with van der Waals surface area (Å²) in [6.07, 6.45) is 5.04. The van der Waals surface area contributed by atoms with Crippen molar-refractivity contribution in [2.45, 2.75) is 19.9 Å². The first-order chi connectivity index (χ1) is 10.4. The molecule has 0 aliphatic rings. The summed E-state index contributed by atoms with van der Waals surface area (Å²) in [5.41, 5.74) is 3.74. The molecule has 2 aromatic carbocycles. The molecule has 0 radical (unpaired) electrons. The van der Waals surface area contributed by atoms with E-state index in [1.165, 1.54) is 27.5 Å². The van der Waals surface area contributed by atoms with E-state index in [0.29, 0.717) is 0 Å². The van der Waals surface area contributed by atoms with E-state index in [0.717, 1.165) is 19.5 Å². The molecule has 0 unspecified atom stereocenters. The van der Waals surface area contributed by atoms with Crippen LogP contribution in [0.15, 0.2) is 60.9 Å². The zero-order valence-corrected chi connectivity index (χ0v) is 12.3. The second kappa shape index (κ2) is 6.51. The Balaban J connectivity index is 1.97. The highest BCUT2D eigenvalue weighted by molar-refractivity contribution is 5.95. The van der Waals surface area contributed by atoms with Gasteiger partial charge >= 0.3 is 0 Å². The zero-order chi connectivity index (χ0) is 14.5. The third-order valence-electron chi connectivity index (χ3n) is 3.66. The second-order valence-corrected chi connectivity index (χ2v) is 5.29. The Morgan fingerprint density at radius 3 is 2.81 bits per heavy atom. The fourth-order valence-electron chi connectivity index (χ4n) is 2.60. The maximum Gasteiger partial charge on any atom is 0.0352 e. The minimum absolute atomic E-state index is 0.917. The Morgan fingerprint density at radius 1 is 1.00 bits per heavy atom. The first-order valence-electron chi connectivity index (χ1n) is 7.51. The number of aromatic nitrogens is 1. The topological polar surface area (TPSA) is 24.9 Å². The summed E-state index contributed by atoms with van der Waals surface area (Å²) in [4.78, 5) is 4.38. The van der Waals surface area contributed by atoms with E-state index >= 15 is 0 Å². The van der Waals surface area contributed by atoms with Crippen LogP contribution in [-0.4, -0.2) is 11.5 Å². The maximum atomic E-state index is 4.38. The standard InChI is InChI=1S/C19H20N2/c1-2-10-20-12-15-6-5-8-16(11-15)19-14-21-13-17-7-3-4-9-18(17)19/h3-9,11,13-14,20H,2,10,12H2,1H3. The third-order valence-corrected chi connectivity index (χ3v) is 3.66. The number of rotatable bonds is 5. The summed E-state index contributed by atoms with van der Waals surface area (Å²) < 4.78 is 0. The summed E-state index contributed by atoms with van der Waals surface area (Å²) >= 11 is 0. The first kappa shape index (κ1) is 13.8. The van der Waals surface area contributed by atoms with E-state index < -0.39 is 0 Å². The molecular weight excluding hydrogens is 256 g/mol. The van der Waals surface area contributed by atoms with Gasteiger partial charge < -0.3 is 5.32 Å². The van der Waals surface area contributed by atoms with Gasteiger partial charge in [-0.1, -0.05) is 49.4 Å². The number of hydrogen-bond acceptors (Lipinski definition) is 2. The molecule has 2 nitrogen and oxygen atoms in total. The molecule has 21 heavy (non-hydrogen) atoms. The molecule has 0 saturated carbocycles. The minimum Gasteiger partial charge on any atom is -0.313 e. The Morgan fingerprint density at radius 2 is 1.90 bits per heavy atom. The molecule has 0 aliphatic heterocycles. The van der Waals surface area contributed by atoms with Crippen molar-refractivity contribution >= 4 is 10.8 Å². The van der Waals surface area contributed by atoms with Crippen molar-refractivity contribution in [1.82, 2.24) is 10.3 Å². The van der Waals surface area contributed by atoms with E-state index in [4.69, 9.17) is 0 Å². The van der Waals surface area contributed by atoms with Gasteiger partial charge in [0.1, 0.15) is 0 Å². The minimum atomic E-state index is 0.917. The zero-order valence-electron chi connectivity index (χ0n) is 12.3. The van der Waals surface area contributed by atoms with Gasteiger partial charge in [0.25, 0.3) is 0 Å². The van der Waals surface area contributed by atoms with Crippen LogP contribution in [0.2, 0.25) is 0 Å². The van der Waals surface area contributed by atoms with Crippen molar-refractivity contribution in [2.24, 2.45) is 0 Å². The van der Waals surface area contributed by atoms with Crippen LogP contribution in [0.4, 0.5) is 0 Å². The van der Waals surface area contributed by atoms with Crippen LogP contribution in [0, 0.1) is 0 Å². The molecular formula is C19H20N2. The summed E-state index contributed by atoms with van der Waals surface area (Å²) in [6, 6.07) is 17.1. The predicted molar refractivity (Wildman–Crippen MR) is 89.2 cm³/mol. The van der Waals surface area contributed by atoms with Gasteiger partial charge in [0.2, 0.25) is 0 Å². The van der Waals surface area contributed by atoms with Crippen LogP contribution < -0.4 is 5.32 Å². The Labute approximate surface area is 125 Å². The van der Waals surface area contributed by atoms with Gasteiger partial charge in [-0.2, -0.15) is 0 Å². The summed E-state index contributed by atoms with van der Waals surface area (Å²) in [7, 11) is 0. The summed E-state index contributed by atoms with van der Waals surface area (Å²) in [5.74, 6) is 0. The van der Waals surface area contributed by atoms with Crippen molar-refractivity contribution in [3.05, 3.63) is 66.5 Å². The molecule has 2 heteroatoms. The molecule has 0 saturated heterocycles. The third kappa shape index (κ3) is 3.11. The molecule has 3 rings (SSSR count). The van der Waals surface area contributed by atoms with Crippen LogP contribution in [-0.2, 0) is 6.54 Å². The highest BCUT2D eigenvalue weighted by Crippen LogP contribution is 2.27. The average Bonchev–Trinajstić information content (AvgIpc) is 2.55. The van der Waals surface area contributed by atoms with Crippen molar-refractivity contribution in [3.63, 3.8) is 0 Å². The van der Waals surface area contributed by atoms with Gasteiger partial charge in [0.05, 0.1) is 0 Å². The summed E-state index contributed by atoms with van der Waals surface area (Å²) in [6.45, 7) is 4.16. The predicted octanol–water partition coefficient (Wildman–Crippen LogP) is 4.40. The van der Waals surface area contributed by atoms with Crippen LogP contribution in [0.3, 0.4) is 0 Å². The lowest BCUT2D eigenvalue weighted by molar-refractivity contribution is 0.675. The van der Waals surface area contributed by atoms with Gasteiger partial charge in [-0.05, 0) is 35.5 Å². The van der Waals surface area contributed by atoms with Gasteiger partial charge in [0, 0.05) is 29.9 Å².